The van der Waals surface area contributed by atoms with Gasteiger partial charge in [-0.1, -0.05) is 11.8 Å². The Bertz CT molecular complexity index is 922. The number of halogens is 1. The van der Waals surface area contributed by atoms with Gasteiger partial charge in [0.2, 0.25) is 5.91 Å². The van der Waals surface area contributed by atoms with Crippen molar-refractivity contribution in [3.05, 3.63) is 42.0 Å². The number of carbonyl (C=O) groups is 2. The first-order valence-corrected chi connectivity index (χ1v) is 11.5. The number of morpholine rings is 1. The van der Waals surface area contributed by atoms with Crippen LogP contribution < -0.4 is 0 Å². The van der Waals surface area contributed by atoms with Gasteiger partial charge in [0.25, 0.3) is 5.91 Å². The van der Waals surface area contributed by atoms with E-state index < -0.39 is 0 Å². The lowest BCUT2D eigenvalue weighted by Crippen LogP contribution is -2.53. The smallest absolute Gasteiger partial charge is 0.272 e. The molecule has 0 unspecified atom stereocenters. The minimum atomic E-state index is -0.333. The molecule has 2 saturated heterocycles. The van der Waals surface area contributed by atoms with Crippen LogP contribution in [0.2, 0.25) is 0 Å². The lowest BCUT2D eigenvalue weighted by molar-refractivity contribution is -0.134. The highest BCUT2D eigenvalue weighted by molar-refractivity contribution is 7.98. The zero-order chi connectivity index (χ0) is 21.8. The number of rotatable bonds is 5. The molecule has 2 aliphatic heterocycles. The highest BCUT2D eigenvalue weighted by atomic mass is 32.2. The zero-order valence-electron chi connectivity index (χ0n) is 17.5. The zero-order valence-corrected chi connectivity index (χ0v) is 18.3. The average Bonchev–Trinajstić information content (AvgIpc) is 3.24. The largest absolute Gasteiger partial charge is 0.379 e. The molecule has 2 aromatic rings. The number of hydrogen-bond donors (Lipinski definition) is 0. The van der Waals surface area contributed by atoms with Crippen molar-refractivity contribution in [1.82, 2.24) is 24.3 Å². The number of benzene rings is 1. The summed E-state index contributed by atoms with van der Waals surface area (Å²) >= 11 is 1.42. The van der Waals surface area contributed by atoms with Crippen LogP contribution in [0.4, 0.5) is 4.39 Å². The van der Waals surface area contributed by atoms with E-state index in [2.05, 4.69) is 9.88 Å². The lowest BCUT2D eigenvalue weighted by Gasteiger charge is -2.36. The van der Waals surface area contributed by atoms with Crippen LogP contribution in [-0.2, 0) is 9.53 Å². The van der Waals surface area contributed by atoms with Gasteiger partial charge in [0.05, 0.1) is 26.0 Å². The molecule has 2 fully saturated rings. The standard InChI is InChI=1S/C21H26FN5O3S/c1-31-21-23-14-18(27(21)17-4-2-16(22)3-5-17)20(29)26-8-6-25(7-9-26)19(28)15-24-10-12-30-13-11-24/h2-5,14H,6-13,15H2,1H3. The van der Waals surface area contributed by atoms with Crippen molar-refractivity contribution in [3.8, 4) is 5.69 Å². The minimum Gasteiger partial charge on any atom is -0.379 e. The molecule has 0 spiro atoms. The number of nitrogens with zero attached hydrogens (tertiary/aromatic N) is 5. The number of carbonyl (C=O) groups excluding carboxylic acids is 2. The second-order valence-corrected chi connectivity index (χ2v) is 8.28. The molecule has 8 nitrogen and oxygen atoms in total. The molecule has 0 N–H and O–H groups in total. The van der Waals surface area contributed by atoms with Crippen molar-refractivity contribution < 1.29 is 18.7 Å². The normalized spacial score (nSPS) is 17.7. The average molecular weight is 448 g/mol. The molecular formula is C21H26FN5O3S. The molecule has 3 heterocycles. The number of thioether (sulfide) groups is 1. The van der Waals surface area contributed by atoms with Gasteiger partial charge in [0.15, 0.2) is 5.16 Å². The van der Waals surface area contributed by atoms with Gasteiger partial charge in [-0.2, -0.15) is 0 Å². The Labute approximate surface area is 184 Å². The molecule has 2 amide bonds. The molecule has 31 heavy (non-hydrogen) atoms. The number of hydrogen-bond acceptors (Lipinski definition) is 6. The Morgan fingerprint density at radius 1 is 1.03 bits per heavy atom. The van der Waals surface area contributed by atoms with Crippen LogP contribution in [0, 0.1) is 5.82 Å². The van der Waals surface area contributed by atoms with Crippen molar-refractivity contribution in [2.45, 2.75) is 5.16 Å². The van der Waals surface area contributed by atoms with Gasteiger partial charge in [-0.15, -0.1) is 0 Å². The quantitative estimate of drug-likeness (QED) is 0.645. The Morgan fingerprint density at radius 2 is 1.68 bits per heavy atom. The summed E-state index contributed by atoms with van der Waals surface area (Å²) in [5.74, 6) is -0.382. The van der Waals surface area contributed by atoms with Gasteiger partial charge >= 0.3 is 0 Å². The third-order valence-corrected chi connectivity index (χ3v) is 6.25. The van der Waals surface area contributed by atoms with Crippen molar-refractivity contribution in [2.24, 2.45) is 0 Å². The number of amides is 2. The van der Waals surface area contributed by atoms with Crippen LogP contribution in [0.25, 0.3) is 5.69 Å². The minimum absolute atomic E-state index is 0.0926. The second kappa shape index (κ2) is 9.80. The number of aromatic nitrogens is 2. The number of imidazole rings is 1. The maximum absolute atomic E-state index is 13.4. The van der Waals surface area contributed by atoms with E-state index in [1.54, 1.807) is 27.8 Å². The monoisotopic (exact) mass is 447 g/mol. The summed E-state index contributed by atoms with van der Waals surface area (Å²) in [4.78, 5) is 35.9. The van der Waals surface area contributed by atoms with Gasteiger partial charge in [-0.05, 0) is 30.5 Å². The van der Waals surface area contributed by atoms with E-state index in [1.807, 2.05) is 11.2 Å². The molecular weight excluding hydrogens is 421 g/mol. The molecule has 166 valence electrons. The van der Waals surface area contributed by atoms with Gasteiger partial charge in [0, 0.05) is 45.0 Å². The third-order valence-electron chi connectivity index (χ3n) is 5.60. The van der Waals surface area contributed by atoms with Crippen LogP contribution >= 0.6 is 11.8 Å². The van der Waals surface area contributed by atoms with E-state index in [-0.39, 0.29) is 17.6 Å². The number of ether oxygens (including phenoxy) is 1. The summed E-state index contributed by atoms with van der Waals surface area (Å²) < 4.78 is 20.4. The first kappa shape index (κ1) is 21.8. The van der Waals surface area contributed by atoms with Gasteiger partial charge in [-0.25, -0.2) is 9.37 Å². The maximum Gasteiger partial charge on any atom is 0.272 e. The molecule has 1 aromatic carbocycles. The van der Waals surface area contributed by atoms with Crippen molar-refractivity contribution in [1.29, 1.82) is 0 Å². The summed E-state index contributed by atoms with van der Waals surface area (Å²) in [5.41, 5.74) is 1.12. The lowest BCUT2D eigenvalue weighted by atomic mass is 10.2. The first-order chi connectivity index (χ1) is 15.1. The summed E-state index contributed by atoms with van der Waals surface area (Å²) in [6.07, 6.45) is 3.45. The van der Waals surface area contributed by atoms with Crippen LogP contribution in [-0.4, -0.2) is 101 Å². The van der Waals surface area contributed by atoms with Crippen LogP contribution in [0.3, 0.4) is 0 Å². The number of piperazine rings is 1. The molecule has 0 bridgehead atoms. The summed E-state index contributed by atoms with van der Waals surface area (Å²) in [6.45, 7) is 5.22. The molecule has 10 heteroatoms. The highest BCUT2D eigenvalue weighted by Gasteiger charge is 2.28. The van der Waals surface area contributed by atoms with Crippen LogP contribution in [0.15, 0.2) is 35.6 Å². The fraction of sp³-hybridized carbons (Fsp3) is 0.476. The molecule has 0 radical (unpaired) electrons. The van der Waals surface area contributed by atoms with Crippen molar-refractivity contribution in [3.63, 3.8) is 0 Å². The molecule has 0 aliphatic carbocycles. The van der Waals surface area contributed by atoms with E-state index in [0.29, 0.717) is 62.5 Å². The van der Waals surface area contributed by atoms with E-state index in [4.69, 9.17) is 4.74 Å². The molecule has 4 rings (SSSR count). The Hall–Kier alpha value is -2.43. The van der Waals surface area contributed by atoms with E-state index in [0.717, 1.165) is 13.1 Å². The van der Waals surface area contributed by atoms with Crippen molar-refractivity contribution in [2.75, 3.05) is 65.3 Å². The highest BCUT2D eigenvalue weighted by Crippen LogP contribution is 2.23. The predicted octanol–water partition coefficient (Wildman–Crippen LogP) is 1.35. The van der Waals surface area contributed by atoms with Gasteiger partial charge in [0.1, 0.15) is 11.5 Å². The van der Waals surface area contributed by atoms with Gasteiger partial charge < -0.3 is 14.5 Å². The SMILES string of the molecule is CSc1ncc(C(=O)N2CCN(C(=O)CN3CCOCC3)CC2)n1-c1ccc(F)cc1. The van der Waals surface area contributed by atoms with Crippen LogP contribution in [0.5, 0.6) is 0 Å². The second-order valence-electron chi connectivity index (χ2n) is 7.50. The van der Waals surface area contributed by atoms with Gasteiger partial charge in [-0.3, -0.25) is 19.1 Å². The summed E-state index contributed by atoms with van der Waals surface area (Å²) in [7, 11) is 0. The fourth-order valence-corrected chi connectivity index (χ4v) is 4.39. The summed E-state index contributed by atoms with van der Waals surface area (Å²) in [5, 5.41) is 0.661. The van der Waals surface area contributed by atoms with E-state index >= 15 is 0 Å². The molecule has 0 saturated carbocycles. The first-order valence-electron chi connectivity index (χ1n) is 10.3. The molecule has 0 atom stereocenters. The van der Waals surface area contributed by atoms with E-state index in [1.165, 1.54) is 23.9 Å². The van der Waals surface area contributed by atoms with Crippen LogP contribution in [0.1, 0.15) is 10.5 Å². The fourth-order valence-electron chi connectivity index (χ4n) is 3.84. The predicted molar refractivity (Wildman–Crippen MR) is 115 cm³/mol. The Kier molecular flexibility index (Phi) is 6.89. The Morgan fingerprint density at radius 3 is 2.32 bits per heavy atom. The topological polar surface area (TPSA) is 70.9 Å². The molecule has 2 aliphatic rings. The van der Waals surface area contributed by atoms with E-state index in [9.17, 15) is 14.0 Å². The Balaban J connectivity index is 1.41. The maximum atomic E-state index is 13.4. The molecule has 1 aromatic heterocycles. The van der Waals surface area contributed by atoms with Crippen molar-refractivity contribution >= 4 is 23.6 Å². The summed E-state index contributed by atoms with van der Waals surface area (Å²) in [6, 6.07) is 6.00. The third kappa shape index (κ3) is 4.91.